The van der Waals surface area contributed by atoms with Gasteiger partial charge in [0.1, 0.15) is 5.75 Å². The summed E-state index contributed by atoms with van der Waals surface area (Å²) in [6.45, 7) is 2.15. The Kier molecular flexibility index (Phi) is 4.09. The molecule has 108 valence electrons. The van der Waals surface area contributed by atoms with Gasteiger partial charge in [-0.2, -0.15) is 0 Å². The van der Waals surface area contributed by atoms with Crippen molar-refractivity contribution in [2.24, 2.45) is 0 Å². The zero-order valence-corrected chi connectivity index (χ0v) is 12.6. The minimum Gasteiger partial charge on any atom is -0.508 e. The molecule has 0 fully saturated rings. The van der Waals surface area contributed by atoms with Crippen molar-refractivity contribution in [2.45, 2.75) is 13.3 Å². The van der Waals surface area contributed by atoms with Crippen LogP contribution in [-0.2, 0) is 0 Å². The summed E-state index contributed by atoms with van der Waals surface area (Å²) < 4.78 is 0. The number of benzene rings is 2. The second-order valence-electron chi connectivity index (χ2n) is 5.21. The standard InChI is InChI=1S/C21H18O/c1-2-20(16-9-6-7-10-16)21(17-11-4-3-5-12-17)18-13-8-14-19(22)15-18/h3-9,11-15,22H,2H2,1H3/b21-20+. The molecule has 0 radical (unpaired) electrons. The van der Waals surface area contributed by atoms with Crippen molar-refractivity contribution in [3.05, 3.63) is 101 Å². The lowest BCUT2D eigenvalue weighted by Crippen LogP contribution is -1.96. The van der Waals surface area contributed by atoms with Gasteiger partial charge in [-0.1, -0.05) is 55.5 Å². The lowest BCUT2D eigenvalue weighted by atomic mass is 9.88. The van der Waals surface area contributed by atoms with Crippen LogP contribution in [-0.4, -0.2) is 5.11 Å². The minimum atomic E-state index is 0.285. The zero-order chi connectivity index (χ0) is 15.4. The first-order valence-electron chi connectivity index (χ1n) is 7.51. The van der Waals surface area contributed by atoms with Crippen molar-refractivity contribution in [1.29, 1.82) is 0 Å². The summed E-state index contributed by atoms with van der Waals surface area (Å²) in [5, 5.41) is 9.86. The Morgan fingerprint density at radius 3 is 2.41 bits per heavy atom. The Hall–Kier alpha value is -2.76. The van der Waals surface area contributed by atoms with Crippen molar-refractivity contribution < 1.29 is 5.11 Å². The quantitative estimate of drug-likeness (QED) is 0.760. The fourth-order valence-electron chi connectivity index (χ4n) is 2.80. The highest BCUT2D eigenvalue weighted by atomic mass is 16.3. The van der Waals surface area contributed by atoms with Crippen LogP contribution in [0.1, 0.15) is 24.5 Å². The molecule has 0 amide bonds. The van der Waals surface area contributed by atoms with Gasteiger partial charge >= 0.3 is 0 Å². The maximum Gasteiger partial charge on any atom is 0.116 e. The van der Waals surface area contributed by atoms with E-state index in [1.807, 2.05) is 48.6 Å². The predicted octanol–water partition coefficient (Wildman–Crippen LogP) is 5.26. The molecule has 22 heavy (non-hydrogen) atoms. The molecule has 0 saturated carbocycles. The van der Waals surface area contributed by atoms with Gasteiger partial charge in [0, 0.05) is 5.57 Å². The number of hydrogen-bond acceptors (Lipinski definition) is 1. The highest BCUT2D eigenvalue weighted by Gasteiger charge is 2.14. The molecular weight excluding hydrogens is 268 g/mol. The van der Waals surface area contributed by atoms with Crippen LogP contribution in [0.15, 0.2) is 89.7 Å². The first kappa shape index (κ1) is 14.2. The van der Waals surface area contributed by atoms with Gasteiger partial charge in [0.2, 0.25) is 0 Å². The summed E-state index contributed by atoms with van der Waals surface area (Å²) in [5.74, 6) is 0.285. The third kappa shape index (κ3) is 2.81. The van der Waals surface area contributed by atoms with Crippen LogP contribution in [0.4, 0.5) is 0 Å². The van der Waals surface area contributed by atoms with E-state index in [9.17, 15) is 5.11 Å². The molecule has 2 aromatic rings. The van der Waals surface area contributed by atoms with Gasteiger partial charge in [0.05, 0.1) is 0 Å². The Balaban J connectivity index is 2.27. The summed E-state index contributed by atoms with van der Waals surface area (Å²) in [6.07, 6.45) is 6.94. The number of phenolic OH excluding ortho intramolecular Hbond substituents is 1. The van der Waals surface area contributed by atoms with Gasteiger partial charge in [-0.05, 0) is 53.0 Å². The van der Waals surface area contributed by atoms with Gasteiger partial charge < -0.3 is 5.11 Å². The summed E-state index contributed by atoms with van der Waals surface area (Å²) >= 11 is 0. The van der Waals surface area contributed by atoms with Crippen LogP contribution in [0.25, 0.3) is 5.57 Å². The Bertz CT molecular complexity index is 801. The molecule has 0 unspecified atom stereocenters. The lowest BCUT2D eigenvalue weighted by Gasteiger charge is -2.15. The van der Waals surface area contributed by atoms with Gasteiger partial charge in [0.25, 0.3) is 0 Å². The number of rotatable bonds is 4. The molecule has 0 aliphatic heterocycles. The van der Waals surface area contributed by atoms with Crippen molar-refractivity contribution in [3.63, 3.8) is 0 Å². The maximum atomic E-state index is 9.86. The monoisotopic (exact) mass is 286 g/mol. The average Bonchev–Trinajstić information content (AvgIpc) is 3.07. The van der Waals surface area contributed by atoms with E-state index >= 15 is 0 Å². The Morgan fingerprint density at radius 2 is 1.77 bits per heavy atom. The van der Waals surface area contributed by atoms with Crippen molar-refractivity contribution in [3.8, 4) is 5.75 Å². The van der Waals surface area contributed by atoms with Gasteiger partial charge in [-0.3, -0.25) is 0 Å². The molecular formula is C21H18O. The molecule has 0 spiro atoms. The van der Waals surface area contributed by atoms with Gasteiger partial charge in [-0.25, -0.2) is 0 Å². The zero-order valence-electron chi connectivity index (χ0n) is 12.6. The maximum absolute atomic E-state index is 9.86. The highest BCUT2D eigenvalue weighted by molar-refractivity contribution is 5.85. The number of aromatic hydroxyl groups is 1. The number of hydrogen-bond donors (Lipinski definition) is 1. The number of phenols is 1. The van der Waals surface area contributed by atoms with Crippen LogP contribution in [0.2, 0.25) is 0 Å². The molecule has 0 bridgehead atoms. The predicted molar refractivity (Wildman–Crippen MR) is 91.6 cm³/mol. The molecule has 3 rings (SSSR count). The van der Waals surface area contributed by atoms with Crippen LogP contribution < -0.4 is 0 Å². The molecule has 0 saturated heterocycles. The molecule has 1 nitrogen and oxygen atoms in total. The normalized spacial score (nSPS) is 14.0. The first-order valence-corrected chi connectivity index (χ1v) is 7.51. The molecule has 0 aromatic heterocycles. The molecule has 1 aliphatic carbocycles. The molecule has 1 N–H and O–H groups in total. The molecule has 0 atom stereocenters. The largest absolute Gasteiger partial charge is 0.508 e. The highest BCUT2D eigenvalue weighted by Crippen LogP contribution is 2.34. The van der Waals surface area contributed by atoms with Crippen molar-refractivity contribution >= 4 is 5.57 Å². The van der Waals surface area contributed by atoms with E-state index < -0.39 is 0 Å². The first-order chi connectivity index (χ1) is 10.8. The lowest BCUT2D eigenvalue weighted by molar-refractivity contribution is 0.475. The Labute approximate surface area is 131 Å². The molecule has 1 aliphatic rings. The van der Waals surface area contributed by atoms with Crippen LogP contribution in [0, 0.1) is 0 Å². The minimum absolute atomic E-state index is 0.285. The van der Waals surface area contributed by atoms with Crippen LogP contribution >= 0.6 is 0 Å². The second kappa shape index (κ2) is 6.34. The van der Waals surface area contributed by atoms with E-state index in [1.165, 1.54) is 5.57 Å². The van der Waals surface area contributed by atoms with Crippen LogP contribution in [0.5, 0.6) is 5.75 Å². The van der Waals surface area contributed by atoms with E-state index in [-0.39, 0.29) is 5.75 Å². The van der Waals surface area contributed by atoms with Crippen molar-refractivity contribution in [1.82, 2.24) is 0 Å². The summed E-state index contributed by atoms with van der Waals surface area (Å²) in [5.41, 5.74) is 8.99. The summed E-state index contributed by atoms with van der Waals surface area (Å²) in [4.78, 5) is 0. The fourth-order valence-corrected chi connectivity index (χ4v) is 2.80. The SMILES string of the molecule is CC/C(C1=C=CC=C1)=C(/c1ccccc1)c1cccc(O)c1. The van der Waals surface area contributed by atoms with Crippen molar-refractivity contribution in [2.75, 3.05) is 0 Å². The van der Waals surface area contributed by atoms with E-state index in [0.29, 0.717) is 0 Å². The van der Waals surface area contributed by atoms with E-state index in [1.54, 1.807) is 6.07 Å². The molecule has 1 heteroatoms. The van der Waals surface area contributed by atoms with Gasteiger partial charge in [0.15, 0.2) is 0 Å². The Morgan fingerprint density at radius 1 is 1.00 bits per heavy atom. The van der Waals surface area contributed by atoms with E-state index in [0.717, 1.165) is 28.7 Å². The summed E-state index contributed by atoms with van der Waals surface area (Å²) in [6, 6.07) is 17.8. The van der Waals surface area contributed by atoms with Crippen LogP contribution in [0.3, 0.4) is 0 Å². The summed E-state index contributed by atoms with van der Waals surface area (Å²) in [7, 11) is 0. The third-order valence-corrected chi connectivity index (χ3v) is 3.78. The second-order valence-corrected chi connectivity index (χ2v) is 5.21. The average molecular weight is 286 g/mol. The topological polar surface area (TPSA) is 20.2 Å². The molecule has 0 heterocycles. The fraction of sp³-hybridized carbons (Fsp3) is 0.0952. The molecule has 2 aromatic carbocycles. The van der Waals surface area contributed by atoms with E-state index in [2.05, 4.69) is 30.9 Å². The smallest absolute Gasteiger partial charge is 0.116 e. The van der Waals surface area contributed by atoms with E-state index in [4.69, 9.17) is 0 Å². The number of allylic oxidation sites excluding steroid dienone is 4. The van der Waals surface area contributed by atoms with Gasteiger partial charge in [-0.15, -0.1) is 5.73 Å². The third-order valence-electron chi connectivity index (χ3n) is 3.78.